The van der Waals surface area contributed by atoms with Crippen LogP contribution in [0.3, 0.4) is 0 Å². The van der Waals surface area contributed by atoms with Gasteiger partial charge < -0.3 is 5.73 Å². The molecular weight excluding hydrogens is 274 g/mol. The summed E-state index contributed by atoms with van der Waals surface area (Å²) >= 11 is 0. The normalized spacial score (nSPS) is 20.8. The van der Waals surface area contributed by atoms with Crippen molar-refractivity contribution in [3.63, 3.8) is 0 Å². The van der Waals surface area contributed by atoms with Crippen LogP contribution < -0.4 is 10.5 Å². The molecule has 1 aliphatic heterocycles. The highest BCUT2D eigenvalue weighted by Crippen LogP contribution is 2.24. The molecule has 2 rings (SSSR count). The quantitative estimate of drug-likeness (QED) is 0.838. The summed E-state index contributed by atoms with van der Waals surface area (Å²) in [6.45, 7) is 4.55. The maximum atomic E-state index is 12.4. The molecule has 5 nitrogen and oxygen atoms in total. The lowest BCUT2D eigenvalue weighted by Gasteiger charge is -2.32. The topological polar surface area (TPSA) is 75.4 Å². The second-order valence-electron chi connectivity index (χ2n) is 5.33. The van der Waals surface area contributed by atoms with Gasteiger partial charge in [0.05, 0.1) is 5.69 Å². The van der Waals surface area contributed by atoms with E-state index in [0.29, 0.717) is 17.9 Å². The third-order valence-electron chi connectivity index (χ3n) is 3.82. The van der Waals surface area contributed by atoms with E-state index in [2.05, 4.69) is 4.72 Å². The average Bonchev–Trinajstić information content (AvgIpc) is 2.38. The lowest BCUT2D eigenvalue weighted by atomic mass is 10.1. The van der Waals surface area contributed by atoms with Crippen molar-refractivity contribution in [2.45, 2.75) is 45.6 Å². The van der Waals surface area contributed by atoms with Gasteiger partial charge in [-0.25, -0.2) is 0 Å². The lowest BCUT2D eigenvalue weighted by molar-refractivity contribution is 0.270. The lowest BCUT2D eigenvalue weighted by Crippen LogP contribution is -2.44. The van der Waals surface area contributed by atoms with Crippen molar-refractivity contribution in [3.05, 3.63) is 23.8 Å². The second-order valence-corrected chi connectivity index (χ2v) is 6.95. The van der Waals surface area contributed by atoms with Crippen molar-refractivity contribution in [2.24, 2.45) is 0 Å². The number of anilines is 2. The molecule has 1 unspecified atom stereocenters. The number of hydrogen-bond acceptors (Lipinski definition) is 3. The van der Waals surface area contributed by atoms with E-state index in [-0.39, 0.29) is 6.04 Å². The summed E-state index contributed by atoms with van der Waals surface area (Å²) in [7, 11) is -3.49. The van der Waals surface area contributed by atoms with Crippen LogP contribution in [0.2, 0.25) is 0 Å². The molecule has 1 aromatic rings. The molecule has 1 aromatic carbocycles. The molecule has 1 heterocycles. The van der Waals surface area contributed by atoms with E-state index in [9.17, 15) is 8.42 Å². The first-order valence-electron chi connectivity index (χ1n) is 7.12. The van der Waals surface area contributed by atoms with Gasteiger partial charge >= 0.3 is 10.2 Å². The zero-order valence-electron chi connectivity index (χ0n) is 12.1. The van der Waals surface area contributed by atoms with Crippen molar-refractivity contribution in [2.75, 3.05) is 17.0 Å². The molecule has 1 aliphatic rings. The summed E-state index contributed by atoms with van der Waals surface area (Å²) in [5.41, 5.74) is 8.09. The van der Waals surface area contributed by atoms with Gasteiger partial charge in [0, 0.05) is 18.3 Å². The van der Waals surface area contributed by atoms with Gasteiger partial charge in [-0.1, -0.05) is 19.4 Å². The van der Waals surface area contributed by atoms with Gasteiger partial charge in [-0.15, -0.1) is 0 Å². The van der Waals surface area contributed by atoms with Crippen molar-refractivity contribution in [1.29, 1.82) is 0 Å². The fourth-order valence-corrected chi connectivity index (χ4v) is 4.11. The first-order chi connectivity index (χ1) is 9.44. The Bertz CT molecular complexity index is 572. The summed E-state index contributed by atoms with van der Waals surface area (Å²) in [6.07, 6.45) is 3.76. The van der Waals surface area contributed by atoms with Gasteiger partial charge in [0.1, 0.15) is 0 Å². The van der Waals surface area contributed by atoms with Crippen molar-refractivity contribution < 1.29 is 8.42 Å². The Balaban J connectivity index is 2.17. The molecular formula is C14H23N3O2S. The van der Waals surface area contributed by atoms with Crippen LogP contribution >= 0.6 is 0 Å². The standard InChI is InChI=1S/C14H23N3O2S/c1-3-12-7-8-13(10-14(12)15)16-20(18,19)17-9-5-4-6-11(17)2/h7-8,10-11,16H,3-6,9,15H2,1-2H3. The smallest absolute Gasteiger partial charge is 0.301 e. The molecule has 0 spiro atoms. The predicted molar refractivity (Wildman–Crippen MR) is 82.8 cm³/mol. The van der Waals surface area contributed by atoms with Crippen LogP contribution in [0.1, 0.15) is 38.7 Å². The predicted octanol–water partition coefficient (Wildman–Crippen LogP) is 2.36. The molecule has 0 amide bonds. The molecule has 1 saturated heterocycles. The zero-order valence-corrected chi connectivity index (χ0v) is 12.9. The monoisotopic (exact) mass is 297 g/mol. The van der Waals surface area contributed by atoms with Gasteiger partial charge in [0.25, 0.3) is 0 Å². The Labute approximate surface area is 121 Å². The number of nitrogens with one attached hydrogen (secondary N) is 1. The average molecular weight is 297 g/mol. The van der Waals surface area contributed by atoms with E-state index >= 15 is 0 Å². The number of nitrogens with two attached hydrogens (primary N) is 1. The summed E-state index contributed by atoms with van der Waals surface area (Å²) in [6, 6.07) is 5.37. The van der Waals surface area contributed by atoms with Crippen LogP contribution in [0, 0.1) is 0 Å². The van der Waals surface area contributed by atoms with Crippen LogP contribution in [-0.4, -0.2) is 25.3 Å². The number of benzene rings is 1. The molecule has 0 radical (unpaired) electrons. The molecule has 112 valence electrons. The number of hydrogen-bond donors (Lipinski definition) is 2. The van der Waals surface area contributed by atoms with E-state index in [4.69, 9.17) is 5.73 Å². The Kier molecular flexibility index (Phi) is 4.55. The fourth-order valence-electron chi connectivity index (χ4n) is 2.62. The summed E-state index contributed by atoms with van der Waals surface area (Å²) in [5, 5.41) is 0. The summed E-state index contributed by atoms with van der Waals surface area (Å²) in [5.74, 6) is 0. The third kappa shape index (κ3) is 3.24. The van der Waals surface area contributed by atoms with Gasteiger partial charge in [0.2, 0.25) is 0 Å². The second kappa shape index (κ2) is 6.01. The number of nitrogen functional groups attached to an aromatic ring is 1. The van der Waals surface area contributed by atoms with Gasteiger partial charge in [0.15, 0.2) is 0 Å². The van der Waals surface area contributed by atoms with Gasteiger partial charge in [-0.3, -0.25) is 4.72 Å². The Hall–Kier alpha value is -1.27. The van der Waals surface area contributed by atoms with E-state index in [1.165, 1.54) is 0 Å². The fraction of sp³-hybridized carbons (Fsp3) is 0.571. The molecule has 1 fully saturated rings. The SMILES string of the molecule is CCc1ccc(NS(=O)(=O)N2CCCCC2C)cc1N. The highest BCUT2D eigenvalue weighted by Gasteiger charge is 2.29. The summed E-state index contributed by atoms with van der Waals surface area (Å²) in [4.78, 5) is 0. The molecule has 0 bridgehead atoms. The van der Waals surface area contributed by atoms with Crippen LogP contribution in [0.15, 0.2) is 18.2 Å². The largest absolute Gasteiger partial charge is 0.398 e. The molecule has 0 aliphatic carbocycles. The molecule has 3 N–H and O–H groups in total. The van der Waals surface area contributed by atoms with Crippen molar-refractivity contribution in [3.8, 4) is 0 Å². The van der Waals surface area contributed by atoms with Crippen LogP contribution in [0.25, 0.3) is 0 Å². The number of rotatable bonds is 4. The maximum absolute atomic E-state index is 12.4. The molecule has 6 heteroatoms. The van der Waals surface area contributed by atoms with E-state index in [1.54, 1.807) is 16.4 Å². The van der Waals surface area contributed by atoms with Gasteiger partial charge in [-0.2, -0.15) is 12.7 Å². The highest BCUT2D eigenvalue weighted by atomic mass is 32.2. The van der Waals surface area contributed by atoms with Crippen LogP contribution in [-0.2, 0) is 16.6 Å². The Morgan fingerprint density at radius 2 is 2.15 bits per heavy atom. The van der Waals surface area contributed by atoms with Gasteiger partial charge in [-0.05, 0) is 43.9 Å². The number of nitrogens with zero attached hydrogens (tertiary/aromatic N) is 1. The molecule has 0 aromatic heterocycles. The molecule has 1 atom stereocenters. The maximum Gasteiger partial charge on any atom is 0.301 e. The Morgan fingerprint density at radius 1 is 1.40 bits per heavy atom. The zero-order chi connectivity index (χ0) is 14.8. The van der Waals surface area contributed by atoms with Crippen molar-refractivity contribution >= 4 is 21.6 Å². The van der Waals surface area contributed by atoms with E-state index in [0.717, 1.165) is 31.2 Å². The Morgan fingerprint density at radius 3 is 2.75 bits per heavy atom. The highest BCUT2D eigenvalue weighted by molar-refractivity contribution is 7.90. The van der Waals surface area contributed by atoms with Crippen LogP contribution in [0.4, 0.5) is 11.4 Å². The third-order valence-corrected chi connectivity index (χ3v) is 5.48. The molecule has 20 heavy (non-hydrogen) atoms. The minimum Gasteiger partial charge on any atom is -0.398 e. The van der Waals surface area contributed by atoms with E-state index < -0.39 is 10.2 Å². The summed E-state index contributed by atoms with van der Waals surface area (Å²) < 4.78 is 29.0. The minimum absolute atomic E-state index is 0.0495. The minimum atomic E-state index is -3.49. The number of piperidine rings is 1. The van der Waals surface area contributed by atoms with Crippen molar-refractivity contribution in [1.82, 2.24) is 4.31 Å². The number of aryl methyl sites for hydroxylation is 1. The first-order valence-corrected chi connectivity index (χ1v) is 8.56. The van der Waals surface area contributed by atoms with Crippen LogP contribution in [0.5, 0.6) is 0 Å². The van der Waals surface area contributed by atoms with E-state index in [1.807, 2.05) is 19.9 Å². The first kappa shape index (κ1) is 15.1. The molecule has 0 saturated carbocycles.